The van der Waals surface area contributed by atoms with E-state index in [1.165, 1.54) is 4.90 Å². The number of nitrogens with zero attached hydrogens (tertiary/aromatic N) is 1. The molecule has 1 aromatic rings. The van der Waals surface area contributed by atoms with E-state index >= 15 is 0 Å². The van der Waals surface area contributed by atoms with E-state index < -0.39 is 0 Å². The lowest BCUT2D eigenvalue weighted by Gasteiger charge is -2.33. The second-order valence-corrected chi connectivity index (χ2v) is 5.26. The molecule has 1 heterocycles. The summed E-state index contributed by atoms with van der Waals surface area (Å²) in [6.45, 7) is 2.34. The molecule has 1 aliphatic carbocycles. The number of hydrogen-bond acceptors (Lipinski definition) is 3. The predicted octanol–water partition coefficient (Wildman–Crippen LogP) is 1.36. The molecule has 4 heteroatoms. The molecule has 0 radical (unpaired) electrons. The molecule has 1 fully saturated rings. The van der Waals surface area contributed by atoms with Crippen LogP contribution in [0, 0.1) is 12.8 Å². The van der Waals surface area contributed by atoms with Gasteiger partial charge in [-0.25, -0.2) is 0 Å². The summed E-state index contributed by atoms with van der Waals surface area (Å²) in [5, 5.41) is 9.25. The van der Waals surface area contributed by atoms with E-state index in [4.69, 9.17) is 0 Å². The van der Waals surface area contributed by atoms with E-state index in [2.05, 4.69) is 0 Å². The number of rotatable bonds is 2. The number of benzene rings is 1. The molecule has 94 valence electrons. The van der Waals surface area contributed by atoms with Crippen molar-refractivity contribution in [2.75, 3.05) is 6.54 Å². The fraction of sp³-hybridized carbons (Fsp3) is 0.429. The number of hydrogen-bond donors (Lipinski definition) is 1. The Morgan fingerprint density at radius 3 is 2.56 bits per heavy atom. The largest absolute Gasteiger partial charge is 0.393 e. The smallest absolute Gasteiger partial charge is 0.261 e. The number of imide groups is 1. The van der Waals surface area contributed by atoms with Gasteiger partial charge in [0.1, 0.15) is 0 Å². The van der Waals surface area contributed by atoms with Crippen LogP contribution in [0.15, 0.2) is 18.2 Å². The molecule has 1 aromatic carbocycles. The van der Waals surface area contributed by atoms with Gasteiger partial charge >= 0.3 is 0 Å². The molecule has 1 aliphatic heterocycles. The highest BCUT2D eigenvalue weighted by atomic mass is 16.3. The number of fused-ring (bicyclic) bond motifs is 1. The van der Waals surface area contributed by atoms with Crippen molar-refractivity contribution in [3.63, 3.8) is 0 Å². The van der Waals surface area contributed by atoms with Crippen LogP contribution in [0.5, 0.6) is 0 Å². The minimum atomic E-state index is -0.257. The highest BCUT2D eigenvalue weighted by Crippen LogP contribution is 2.31. The molecule has 2 aliphatic rings. The average Bonchev–Trinajstić information content (AvgIpc) is 2.52. The molecule has 18 heavy (non-hydrogen) atoms. The zero-order valence-corrected chi connectivity index (χ0v) is 10.2. The first-order chi connectivity index (χ1) is 8.56. The van der Waals surface area contributed by atoms with E-state index in [1.54, 1.807) is 12.1 Å². The summed E-state index contributed by atoms with van der Waals surface area (Å²) in [6.07, 6.45) is 1.12. The lowest BCUT2D eigenvalue weighted by molar-refractivity contribution is 0.0233. The number of aryl methyl sites for hydroxylation is 1. The molecule has 0 unspecified atom stereocenters. The van der Waals surface area contributed by atoms with Crippen molar-refractivity contribution >= 4 is 11.8 Å². The molecule has 4 nitrogen and oxygen atoms in total. The summed E-state index contributed by atoms with van der Waals surface area (Å²) >= 11 is 0. The first kappa shape index (κ1) is 11.4. The van der Waals surface area contributed by atoms with E-state index in [1.807, 2.05) is 13.0 Å². The van der Waals surface area contributed by atoms with Crippen LogP contribution in [0.4, 0.5) is 0 Å². The van der Waals surface area contributed by atoms with E-state index in [-0.39, 0.29) is 23.8 Å². The highest BCUT2D eigenvalue weighted by Gasteiger charge is 2.39. The summed E-state index contributed by atoms with van der Waals surface area (Å²) in [6, 6.07) is 5.34. The molecular weight excluding hydrogens is 230 g/mol. The van der Waals surface area contributed by atoms with Crippen molar-refractivity contribution < 1.29 is 14.7 Å². The van der Waals surface area contributed by atoms with Crippen LogP contribution < -0.4 is 0 Å². The summed E-state index contributed by atoms with van der Waals surface area (Å²) in [7, 11) is 0. The van der Waals surface area contributed by atoms with Crippen LogP contribution in [-0.2, 0) is 0 Å². The molecule has 0 saturated heterocycles. The van der Waals surface area contributed by atoms with Crippen molar-refractivity contribution in [2.45, 2.75) is 25.9 Å². The molecule has 2 amide bonds. The SMILES string of the molecule is Cc1ccc2c(c1)C(=O)N(CC1CC(O)C1)C2=O. The van der Waals surface area contributed by atoms with Gasteiger partial charge in [0.2, 0.25) is 0 Å². The predicted molar refractivity (Wildman–Crippen MR) is 65.3 cm³/mol. The van der Waals surface area contributed by atoms with Gasteiger partial charge in [-0.15, -0.1) is 0 Å². The minimum Gasteiger partial charge on any atom is -0.393 e. The van der Waals surface area contributed by atoms with Gasteiger partial charge in [-0.2, -0.15) is 0 Å². The highest BCUT2D eigenvalue weighted by molar-refractivity contribution is 6.21. The minimum absolute atomic E-state index is 0.194. The topological polar surface area (TPSA) is 57.6 Å². The Kier molecular flexibility index (Phi) is 2.48. The Morgan fingerprint density at radius 1 is 1.22 bits per heavy atom. The van der Waals surface area contributed by atoms with Gasteiger partial charge in [0.05, 0.1) is 17.2 Å². The third kappa shape index (κ3) is 1.64. The second-order valence-electron chi connectivity index (χ2n) is 5.26. The summed E-state index contributed by atoms with van der Waals surface area (Å²) in [4.78, 5) is 25.6. The number of aliphatic hydroxyl groups excluding tert-OH is 1. The molecule has 0 aromatic heterocycles. The normalized spacial score (nSPS) is 26.2. The lowest BCUT2D eigenvalue weighted by Crippen LogP contribution is -2.41. The number of carbonyl (C=O) groups excluding carboxylic acids is 2. The maximum atomic E-state index is 12.2. The maximum Gasteiger partial charge on any atom is 0.261 e. The maximum absolute atomic E-state index is 12.2. The summed E-state index contributed by atoms with van der Waals surface area (Å²) < 4.78 is 0. The molecule has 3 rings (SSSR count). The summed E-state index contributed by atoms with van der Waals surface area (Å²) in [5.74, 6) is -0.139. The fourth-order valence-corrected chi connectivity index (χ4v) is 2.68. The number of carbonyl (C=O) groups is 2. The van der Waals surface area contributed by atoms with Gasteiger partial charge in [-0.1, -0.05) is 11.6 Å². The fourth-order valence-electron chi connectivity index (χ4n) is 2.68. The molecule has 0 bridgehead atoms. The number of amides is 2. The molecule has 0 spiro atoms. The van der Waals surface area contributed by atoms with E-state index in [0.717, 1.165) is 5.56 Å². The first-order valence-corrected chi connectivity index (χ1v) is 6.21. The Balaban J connectivity index is 1.83. The van der Waals surface area contributed by atoms with Crippen molar-refractivity contribution in [3.8, 4) is 0 Å². The van der Waals surface area contributed by atoms with Crippen molar-refractivity contribution in [1.82, 2.24) is 4.90 Å². The summed E-state index contributed by atoms with van der Waals surface area (Å²) in [5.41, 5.74) is 2.00. The van der Waals surface area contributed by atoms with Crippen LogP contribution in [-0.4, -0.2) is 34.5 Å². The molecule has 1 saturated carbocycles. The third-order valence-corrected chi connectivity index (χ3v) is 3.78. The van der Waals surface area contributed by atoms with E-state index in [9.17, 15) is 14.7 Å². The molecule has 0 atom stereocenters. The van der Waals surface area contributed by atoms with Gasteiger partial charge in [0.25, 0.3) is 11.8 Å². The van der Waals surface area contributed by atoms with Gasteiger partial charge in [0.15, 0.2) is 0 Å². The quantitative estimate of drug-likeness (QED) is 0.800. The Morgan fingerprint density at radius 2 is 1.89 bits per heavy atom. The molecular formula is C14H15NO3. The van der Waals surface area contributed by atoms with Crippen molar-refractivity contribution in [2.24, 2.45) is 5.92 Å². The molecule has 1 N–H and O–H groups in total. The van der Waals surface area contributed by atoms with Crippen molar-refractivity contribution in [3.05, 3.63) is 34.9 Å². The van der Waals surface area contributed by atoms with Crippen LogP contribution >= 0.6 is 0 Å². The van der Waals surface area contributed by atoms with Crippen LogP contribution in [0.1, 0.15) is 39.1 Å². The number of aliphatic hydroxyl groups is 1. The van der Waals surface area contributed by atoms with Crippen LogP contribution in [0.25, 0.3) is 0 Å². The Labute approximate surface area is 105 Å². The standard InChI is InChI=1S/C14H15NO3/c1-8-2-3-11-12(4-8)14(18)15(13(11)17)7-9-5-10(16)6-9/h2-4,9-10,16H,5-7H2,1H3. The van der Waals surface area contributed by atoms with Crippen LogP contribution in [0.3, 0.4) is 0 Å². The van der Waals surface area contributed by atoms with Gasteiger partial charge in [-0.3, -0.25) is 14.5 Å². The Hall–Kier alpha value is -1.68. The second kappa shape index (κ2) is 3.92. The van der Waals surface area contributed by atoms with Gasteiger partial charge in [-0.05, 0) is 37.8 Å². The van der Waals surface area contributed by atoms with Crippen LogP contribution in [0.2, 0.25) is 0 Å². The Bertz CT molecular complexity index is 532. The van der Waals surface area contributed by atoms with Gasteiger partial charge < -0.3 is 5.11 Å². The zero-order chi connectivity index (χ0) is 12.9. The van der Waals surface area contributed by atoms with E-state index in [0.29, 0.717) is 30.5 Å². The van der Waals surface area contributed by atoms with Gasteiger partial charge in [0, 0.05) is 6.54 Å². The third-order valence-electron chi connectivity index (χ3n) is 3.78. The lowest BCUT2D eigenvalue weighted by atomic mass is 9.82. The zero-order valence-electron chi connectivity index (χ0n) is 10.2. The average molecular weight is 245 g/mol. The first-order valence-electron chi connectivity index (χ1n) is 6.21. The monoisotopic (exact) mass is 245 g/mol. The van der Waals surface area contributed by atoms with Crippen molar-refractivity contribution in [1.29, 1.82) is 0 Å².